The van der Waals surface area contributed by atoms with Crippen LogP contribution in [0.1, 0.15) is 34.8 Å². The van der Waals surface area contributed by atoms with Crippen molar-refractivity contribution in [3.8, 4) is 0 Å². The molecule has 7 heteroatoms. The minimum atomic E-state index is -1.42. The number of halogens is 1. The van der Waals surface area contributed by atoms with Crippen molar-refractivity contribution in [3.05, 3.63) is 76.3 Å². The highest BCUT2D eigenvalue weighted by atomic mass is 35.5. The van der Waals surface area contributed by atoms with E-state index in [1.165, 1.54) is 0 Å². The molecule has 0 saturated carbocycles. The Kier molecular flexibility index (Phi) is 7.32. The number of aliphatic hydroxyl groups excluding tert-OH is 4. The van der Waals surface area contributed by atoms with Gasteiger partial charge in [0.25, 0.3) is 0 Å². The van der Waals surface area contributed by atoms with Gasteiger partial charge >= 0.3 is 0 Å². The summed E-state index contributed by atoms with van der Waals surface area (Å²) >= 11 is 6.44. The predicted molar refractivity (Wildman–Crippen MR) is 121 cm³/mol. The van der Waals surface area contributed by atoms with Crippen molar-refractivity contribution in [2.75, 3.05) is 19.8 Å². The second-order valence-corrected chi connectivity index (χ2v) is 8.97. The number of hydrogen-bond acceptors (Lipinski definition) is 6. The monoisotopic (exact) mass is 460 g/mol. The largest absolute Gasteiger partial charge is 0.394 e. The summed E-state index contributed by atoms with van der Waals surface area (Å²) in [6, 6.07) is 13.5. The molecule has 32 heavy (non-hydrogen) atoms. The summed E-state index contributed by atoms with van der Waals surface area (Å²) in [5.41, 5.74) is 4.73. The number of ether oxygens (including phenoxy) is 2. The Labute approximate surface area is 192 Å². The SMILES string of the molecule is C=C(c1ccc(Cc2cc([C@@H]3O[C@H](CO)[C@@H](O)[C@H](O)[C@H]3O)ccc2Cl)cc1)[C@H]1CCOC1. The maximum atomic E-state index is 10.4. The molecule has 6 nitrogen and oxygen atoms in total. The van der Waals surface area contributed by atoms with Crippen molar-refractivity contribution in [3.63, 3.8) is 0 Å². The Morgan fingerprint density at radius 3 is 2.44 bits per heavy atom. The average molecular weight is 461 g/mol. The van der Waals surface area contributed by atoms with Gasteiger partial charge in [-0.1, -0.05) is 54.6 Å². The van der Waals surface area contributed by atoms with E-state index in [1.807, 2.05) is 18.2 Å². The van der Waals surface area contributed by atoms with Crippen LogP contribution in [0, 0.1) is 5.92 Å². The van der Waals surface area contributed by atoms with E-state index in [4.69, 9.17) is 21.1 Å². The third kappa shape index (κ3) is 4.77. The Morgan fingerprint density at radius 1 is 1.03 bits per heavy atom. The molecule has 0 unspecified atom stereocenters. The summed E-state index contributed by atoms with van der Waals surface area (Å²) in [5, 5.41) is 40.6. The zero-order valence-electron chi connectivity index (χ0n) is 17.7. The van der Waals surface area contributed by atoms with Crippen molar-refractivity contribution in [2.24, 2.45) is 5.92 Å². The van der Waals surface area contributed by atoms with Crippen molar-refractivity contribution in [2.45, 2.75) is 43.4 Å². The normalized spacial score (nSPS) is 30.4. The lowest BCUT2D eigenvalue weighted by atomic mass is 9.89. The molecule has 0 spiro atoms. The molecule has 0 radical (unpaired) electrons. The van der Waals surface area contributed by atoms with Crippen LogP contribution in [0.25, 0.3) is 5.57 Å². The van der Waals surface area contributed by atoms with Crippen LogP contribution in [0.15, 0.2) is 49.0 Å². The zero-order valence-corrected chi connectivity index (χ0v) is 18.5. The van der Waals surface area contributed by atoms with E-state index >= 15 is 0 Å². The quantitative estimate of drug-likeness (QED) is 0.528. The molecule has 4 rings (SSSR count). The van der Waals surface area contributed by atoms with Gasteiger partial charge in [0.05, 0.1) is 13.2 Å². The van der Waals surface area contributed by atoms with E-state index < -0.39 is 37.1 Å². The van der Waals surface area contributed by atoms with Gasteiger partial charge in [0.1, 0.15) is 30.5 Å². The van der Waals surface area contributed by atoms with Gasteiger partial charge in [-0.15, -0.1) is 0 Å². The molecule has 2 heterocycles. The second kappa shape index (κ2) is 10.0. The van der Waals surface area contributed by atoms with Crippen LogP contribution in [0.2, 0.25) is 5.02 Å². The topological polar surface area (TPSA) is 99.4 Å². The lowest BCUT2D eigenvalue weighted by Crippen LogP contribution is -2.55. The van der Waals surface area contributed by atoms with E-state index in [1.54, 1.807) is 12.1 Å². The van der Waals surface area contributed by atoms with Gasteiger partial charge in [-0.3, -0.25) is 0 Å². The second-order valence-electron chi connectivity index (χ2n) is 8.56. The molecule has 2 aliphatic rings. The molecule has 2 saturated heterocycles. The molecule has 0 amide bonds. The van der Waals surface area contributed by atoms with Crippen molar-refractivity contribution >= 4 is 17.2 Å². The Bertz CT molecular complexity index is 938. The lowest BCUT2D eigenvalue weighted by Gasteiger charge is -2.40. The maximum Gasteiger partial charge on any atom is 0.113 e. The highest BCUT2D eigenvalue weighted by molar-refractivity contribution is 6.31. The van der Waals surface area contributed by atoms with Gasteiger partial charge in [-0.25, -0.2) is 0 Å². The van der Waals surface area contributed by atoms with Crippen LogP contribution in [-0.4, -0.2) is 64.7 Å². The van der Waals surface area contributed by atoms with E-state index in [9.17, 15) is 20.4 Å². The summed E-state index contributed by atoms with van der Waals surface area (Å²) < 4.78 is 11.1. The Balaban J connectivity index is 1.51. The van der Waals surface area contributed by atoms with Gasteiger partial charge in [0, 0.05) is 17.5 Å². The Morgan fingerprint density at radius 2 is 1.78 bits per heavy atom. The molecule has 172 valence electrons. The third-order valence-corrected chi connectivity index (χ3v) is 6.80. The van der Waals surface area contributed by atoms with Crippen LogP contribution in [0.4, 0.5) is 0 Å². The van der Waals surface area contributed by atoms with Crippen molar-refractivity contribution < 1.29 is 29.9 Å². The van der Waals surface area contributed by atoms with E-state index in [0.717, 1.165) is 41.9 Å². The van der Waals surface area contributed by atoms with Crippen LogP contribution in [-0.2, 0) is 15.9 Å². The summed E-state index contributed by atoms with van der Waals surface area (Å²) in [6.45, 7) is 5.28. The van der Waals surface area contributed by atoms with Gasteiger partial charge in [0.2, 0.25) is 0 Å². The highest BCUT2D eigenvalue weighted by Crippen LogP contribution is 2.35. The van der Waals surface area contributed by atoms with E-state index in [-0.39, 0.29) is 0 Å². The first-order valence-corrected chi connectivity index (χ1v) is 11.2. The fourth-order valence-electron chi connectivity index (χ4n) is 4.39. The van der Waals surface area contributed by atoms with Gasteiger partial charge in [-0.2, -0.15) is 0 Å². The van der Waals surface area contributed by atoms with E-state index in [0.29, 0.717) is 22.9 Å². The fourth-order valence-corrected chi connectivity index (χ4v) is 4.57. The summed E-state index contributed by atoms with van der Waals surface area (Å²) in [6.07, 6.45) is -4.40. The minimum absolute atomic E-state index is 0.366. The molecule has 0 aromatic heterocycles. The Hall–Kier alpha value is -1.77. The van der Waals surface area contributed by atoms with Crippen LogP contribution < -0.4 is 0 Å². The molecule has 6 atom stereocenters. The van der Waals surface area contributed by atoms with Crippen molar-refractivity contribution in [1.29, 1.82) is 0 Å². The smallest absolute Gasteiger partial charge is 0.113 e. The first-order valence-electron chi connectivity index (χ1n) is 10.8. The summed E-state index contributed by atoms with van der Waals surface area (Å²) in [5.74, 6) is 0.366. The molecule has 2 aromatic rings. The van der Waals surface area contributed by atoms with Crippen LogP contribution in [0.5, 0.6) is 0 Å². The van der Waals surface area contributed by atoms with Crippen molar-refractivity contribution in [1.82, 2.24) is 0 Å². The number of benzene rings is 2. The summed E-state index contributed by atoms with van der Waals surface area (Å²) in [4.78, 5) is 0. The number of aliphatic hydroxyl groups is 4. The molecular weight excluding hydrogens is 432 g/mol. The van der Waals surface area contributed by atoms with Crippen LogP contribution >= 0.6 is 11.6 Å². The molecular formula is C25H29ClO6. The van der Waals surface area contributed by atoms with Gasteiger partial charge < -0.3 is 29.9 Å². The highest BCUT2D eigenvalue weighted by Gasteiger charge is 2.44. The standard InChI is InChI=1S/C25H29ClO6/c1-14(18-8-9-31-13-18)16-4-2-15(3-5-16)10-19-11-17(6-7-20(19)26)25-24(30)23(29)22(28)21(12-27)32-25/h2-7,11,18,21-25,27-30H,1,8-10,12-13H2/t18-,21+,22+,23-,24+,25-/m0/s1. The van der Waals surface area contributed by atoms with Gasteiger partial charge in [-0.05, 0) is 46.7 Å². The summed E-state index contributed by atoms with van der Waals surface area (Å²) in [7, 11) is 0. The van der Waals surface area contributed by atoms with Crippen LogP contribution in [0.3, 0.4) is 0 Å². The molecule has 4 N–H and O–H groups in total. The predicted octanol–water partition coefficient (Wildman–Crippen LogP) is 2.50. The molecule has 2 aliphatic heterocycles. The van der Waals surface area contributed by atoms with Gasteiger partial charge in [0.15, 0.2) is 0 Å². The average Bonchev–Trinajstić information content (AvgIpc) is 3.34. The molecule has 0 aliphatic carbocycles. The lowest BCUT2D eigenvalue weighted by molar-refractivity contribution is -0.231. The van der Waals surface area contributed by atoms with E-state index in [2.05, 4.69) is 18.7 Å². The first-order chi connectivity index (χ1) is 15.4. The maximum absolute atomic E-state index is 10.4. The molecule has 2 fully saturated rings. The third-order valence-electron chi connectivity index (χ3n) is 6.43. The fraction of sp³-hybridized carbons (Fsp3) is 0.440. The number of rotatable bonds is 6. The first kappa shape index (κ1) is 23.4. The number of hydrogen-bond donors (Lipinski definition) is 4. The molecule has 2 aromatic carbocycles. The minimum Gasteiger partial charge on any atom is -0.394 e. The molecule has 0 bridgehead atoms. The zero-order chi connectivity index (χ0) is 22.8.